The third-order valence-electron chi connectivity index (χ3n) is 19.3. The molecule has 40 nitrogen and oxygen atoms in total. The molecular weight excluding hydrogens is 1460 g/mol. The lowest BCUT2D eigenvalue weighted by Crippen LogP contribution is -2.68. The molecule has 0 aromatic rings. The van der Waals surface area contributed by atoms with Gasteiger partial charge >= 0.3 is 0 Å². The van der Waals surface area contributed by atoms with Gasteiger partial charge in [0.1, 0.15) is 198 Å². The summed E-state index contributed by atoms with van der Waals surface area (Å²) in [5, 5.41) is 206. The van der Waals surface area contributed by atoms with Crippen LogP contribution < -0.4 is 0 Å². The number of quaternary nitrogens is 5. The van der Waals surface area contributed by atoms with Crippen LogP contribution in [0.15, 0.2) is 0 Å². The normalized spacial score (nSPS) is 39.8. The van der Waals surface area contributed by atoms with E-state index in [1.807, 2.05) is 106 Å². The van der Waals surface area contributed by atoms with E-state index in [-0.39, 0.29) is 72.3 Å². The molecule has 35 atom stereocenters. The molecule has 644 valence electrons. The summed E-state index contributed by atoms with van der Waals surface area (Å²) >= 11 is 0. The number of methoxy groups -OCH3 is 2. The molecular formula is C69H138N5O35+5. The van der Waals surface area contributed by atoms with Crippen molar-refractivity contribution in [2.45, 2.75) is 215 Å². The highest BCUT2D eigenvalue weighted by atomic mass is 16.8. The SMILES string of the molecule is COC1OC(COC2CC(COCC(O)C[N+](C)(C)C)C(O)C(O)C2O)C(OC2OC(COCC(O)C[N+](C)(C)C)C(OC3OC(COCC(O)C[N+](C)(C)C)C(OC4OC(COCC(O)C[N+](C)(C)C)C(OC5OC(COCC(O)C[N+](C)(C)C)C(OC)C(O)C5O)C(O)C4O)C(O)C3O)C(O)C2O)C(O)C1O. The van der Waals surface area contributed by atoms with Crippen LogP contribution in [0.3, 0.4) is 0 Å². The molecule has 5 heterocycles. The number of likely N-dealkylation sites (N-methyl/N-ethyl adjacent to an activating group) is 5. The number of hydrogen-bond acceptors (Lipinski definition) is 35. The van der Waals surface area contributed by atoms with Crippen LogP contribution in [0.5, 0.6) is 0 Å². The lowest BCUT2D eigenvalue weighted by molar-refractivity contribution is -0.873. The number of aliphatic hydroxyl groups excluding tert-OH is 18. The Hall–Kier alpha value is -1.60. The van der Waals surface area contributed by atoms with Crippen LogP contribution in [-0.4, -0.2) is 548 Å². The van der Waals surface area contributed by atoms with Crippen molar-refractivity contribution in [1.82, 2.24) is 0 Å². The molecule has 0 radical (unpaired) electrons. The molecule has 18 N–H and O–H groups in total. The Kier molecular flexibility index (Phi) is 37.2. The first-order chi connectivity index (χ1) is 50.5. The van der Waals surface area contributed by atoms with E-state index in [4.69, 9.17) is 80.5 Å². The van der Waals surface area contributed by atoms with E-state index < -0.39 is 241 Å². The van der Waals surface area contributed by atoms with Crippen LogP contribution in [0.4, 0.5) is 0 Å². The van der Waals surface area contributed by atoms with Crippen LogP contribution in [0.1, 0.15) is 6.42 Å². The van der Waals surface area contributed by atoms with Gasteiger partial charge in [0.05, 0.1) is 191 Å². The number of ether oxygens (including phenoxy) is 17. The van der Waals surface area contributed by atoms with E-state index in [9.17, 15) is 91.9 Å². The highest BCUT2D eigenvalue weighted by Gasteiger charge is 2.58. The molecule has 109 heavy (non-hydrogen) atoms. The fourth-order valence-corrected chi connectivity index (χ4v) is 14.3. The first-order valence-corrected chi connectivity index (χ1v) is 37.2. The molecule has 1 saturated carbocycles. The molecule has 0 spiro atoms. The van der Waals surface area contributed by atoms with Gasteiger partial charge in [-0.2, -0.15) is 0 Å². The number of nitrogens with zero attached hydrogens (tertiary/aromatic N) is 5. The molecule has 0 aromatic carbocycles. The molecule has 40 heteroatoms. The van der Waals surface area contributed by atoms with Crippen LogP contribution >= 0.6 is 0 Å². The van der Waals surface area contributed by atoms with Gasteiger partial charge in [-0.1, -0.05) is 0 Å². The van der Waals surface area contributed by atoms with Gasteiger partial charge in [-0.3, -0.25) is 0 Å². The molecule has 6 rings (SSSR count). The predicted octanol–water partition coefficient (Wildman–Crippen LogP) is -11.7. The Labute approximate surface area is 639 Å². The Morgan fingerprint density at radius 2 is 0.514 bits per heavy atom. The summed E-state index contributed by atoms with van der Waals surface area (Å²) in [6.07, 6.45) is -56.5. The maximum Gasteiger partial charge on any atom is 0.187 e. The molecule has 5 aliphatic heterocycles. The molecule has 6 fully saturated rings. The third-order valence-corrected chi connectivity index (χ3v) is 19.3. The fourth-order valence-electron chi connectivity index (χ4n) is 14.3. The van der Waals surface area contributed by atoms with Gasteiger partial charge in [-0.15, -0.1) is 0 Å². The monoisotopic (exact) mass is 1600 g/mol. The van der Waals surface area contributed by atoms with Crippen molar-refractivity contribution in [3.63, 3.8) is 0 Å². The summed E-state index contributed by atoms with van der Waals surface area (Å²) < 4.78 is 104. The lowest BCUT2D eigenvalue weighted by Gasteiger charge is -2.50. The van der Waals surface area contributed by atoms with E-state index in [0.717, 1.165) is 0 Å². The van der Waals surface area contributed by atoms with Crippen molar-refractivity contribution in [3.8, 4) is 0 Å². The molecule has 0 amide bonds. The molecule has 0 aromatic heterocycles. The number of rotatable bonds is 43. The van der Waals surface area contributed by atoms with Gasteiger partial charge in [-0.05, 0) is 6.42 Å². The summed E-state index contributed by atoms with van der Waals surface area (Å²) in [7, 11) is 30.2. The van der Waals surface area contributed by atoms with Crippen LogP contribution in [-0.2, 0) is 80.5 Å². The van der Waals surface area contributed by atoms with Crippen molar-refractivity contribution in [2.24, 2.45) is 5.92 Å². The second kappa shape index (κ2) is 42.2. The minimum absolute atomic E-state index is 0.0952. The fraction of sp³-hybridized carbons (Fsp3) is 1.00. The largest absolute Gasteiger partial charge is 0.390 e. The zero-order valence-electron chi connectivity index (χ0n) is 66.5. The van der Waals surface area contributed by atoms with Gasteiger partial charge in [0.25, 0.3) is 0 Å². The van der Waals surface area contributed by atoms with Crippen molar-refractivity contribution < 1.29 is 195 Å². The first-order valence-electron chi connectivity index (χ1n) is 37.2. The molecule has 35 unspecified atom stereocenters. The summed E-state index contributed by atoms with van der Waals surface area (Å²) in [4.78, 5) is 0. The smallest absolute Gasteiger partial charge is 0.187 e. The van der Waals surface area contributed by atoms with Crippen LogP contribution in [0.25, 0.3) is 0 Å². The summed E-state index contributed by atoms with van der Waals surface area (Å²) in [6, 6.07) is 0. The predicted molar refractivity (Wildman–Crippen MR) is 375 cm³/mol. The topological polar surface area (TPSA) is 521 Å². The minimum atomic E-state index is -2.21. The quantitative estimate of drug-likeness (QED) is 0.0252. The average molecular weight is 1600 g/mol. The van der Waals surface area contributed by atoms with Crippen LogP contribution in [0, 0.1) is 5.92 Å². The maximum absolute atomic E-state index is 12.3. The third kappa shape index (κ3) is 29.5. The van der Waals surface area contributed by atoms with Crippen molar-refractivity contribution >= 4 is 0 Å². The maximum atomic E-state index is 12.3. The Morgan fingerprint density at radius 1 is 0.275 bits per heavy atom. The van der Waals surface area contributed by atoms with E-state index in [1.54, 1.807) is 0 Å². The highest BCUT2D eigenvalue weighted by Crippen LogP contribution is 2.38. The first kappa shape index (κ1) is 96.2. The summed E-state index contributed by atoms with van der Waals surface area (Å²) in [5.41, 5.74) is 0. The summed E-state index contributed by atoms with van der Waals surface area (Å²) in [5.74, 6) is -0.819. The summed E-state index contributed by atoms with van der Waals surface area (Å²) in [6.45, 7) is -2.70. The lowest BCUT2D eigenvalue weighted by atomic mass is 9.81. The second-order valence-corrected chi connectivity index (χ2v) is 35.1. The molecule has 0 bridgehead atoms. The number of hydrogen-bond donors (Lipinski definition) is 18. The zero-order valence-corrected chi connectivity index (χ0v) is 66.5. The van der Waals surface area contributed by atoms with Crippen molar-refractivity contribution in [3.05, 3.63) is 0 Å². The van der Waals surface area contributed by atoms with Crippen LogP contribution in [0.2, 0.25) is 0 Å². The van der Waals surface area contributed by atoms with E-state index in [1.165, 1.54) is 14.2 Å². The van der Waals surface area contributed by atoms with Gasteiger partial charge in [0.2, 0.25) is 0 Å². The van der Waals surface area contributed by atoms with Gasteiger partial charge in [0, 0.05) is 20.1 Å². The van der Waals surface area contributed by atoms with E-state index in [0.29, 0.717) is 35.5 Å². The Morgan fingerprint density at radius 3 is 0.780 bits per heavy atom. The zero-order chi connectivity index (χ0) is 81.7. The van der Waals surface area contributed by atoms with Crippen molar-refractivity contribution in [2.75, 3.05) is 225 Å². The Bertz CT molecular complexity index is 2580. The van der Waals surface area contributed by atoms with E-state index in [2.05, 4.69) is 0 Å². The average Bonchev–Trinajstić information content (AvgIpc) is 0.774. The van der Waals surface area contributed by atoms with Gasteiger partial charge in [0.15, 0.2) is 31.5 Å². The minimum Gasteiger partial charge on any atom is -0.390 e. The van der Waals surface area contributed by atoms with Gasteiger partial charge < -0.3 is 195 Å². The standard InChI is InChI=1S/C69H138N5O35/c1-70(2,3)19-36(75)25-95-24-35-18-41(48(81)49(82)47(35)80)100-34-46-64(51(84)55(88)65(94-17)101-46)109-69-59(92)54(87)63(45(105-69)33-99-29-40(79)23-74(13,14)15)108-68-58(91)53(86)62(44(104-68)32-98-28-39(78)22-73(10,11)12)107-67-57(90)52(85)61(43(103-67)31-97-27-38(77)21-72(7,8)9)106-66-56(89)50(83)60(93-16)42(102-66)30-96-26-37(76)20-71(4,5)6/h35-69,75-92H,18-34H2,1-17H3/q+5. The Balaban J connectivity index is 1.27. The molecule has 1 aliphatic carbocycles. The molecule has 6 aliphatic rings. The van der Waals surface area contributed by atoms with Gasteiger partial charge in [-0.25, -0.2) is 0 Å². The second-order valence-electron chi connectivity index (χ2n) is 35.1. The number of aliphatic hydroxyl groups is 18. The van der Waals surface area contributed by atoms with E-state index >= 15 is 0 Å². The highest BCUT2D eigenvalue weighted by molar-refractivity contribution is 5.01. The molecule has 5 saturated heterocycles. The van der Waals surface area contributed by atoms with Crippen molar-refractivity contribution in [1.29, 1.82) is 0 Å².